The lowest BCUT2D eigenvalue weighted by molar-refractivity contribution is 0.183. The number of ether oxygens (including phenoxy) is 1. The number of rotatable bonds is 6. The minimum absolute atomic E-state index is 0.169. The quantitative estimate of drug-likeness (QED) is 0.811. The summed E-state index contributed by atoms with van der Waals surface area (Å²) in [7, 11) is -2.28. The van der Waals surface area contributed by atoms with Gasteiger partial charge in [0, 0.05) is 20.1 Å². The maximum absolute atomic E-state index is 11.5. The molecule has 1 aliphatic rings. The minimum Gasteiger partial charge on any atom is -0.383 e. The van der Waals surface area contributed by atoms with Crippen LogP contribution in [0, 0.1) is 5.92 Å². The Morgan fingerprint density at radius 3 is 2.63 bits per heavy atom. The molecule has 0 aliphatic heterocycles. The molecule has 2 rings (SSSR count). The number of primary sulfonamides is 1. The summed E-state index contributed by atoms with van der Waals surface area (Å²) in [6, 6.07) is 0. The summed E-state index contributed by atoms with van der Waals surface area (Å²) in [5, 5.41) is 12.7. The van der Waals surface area contributed by atoms with Gasteiger partial charge in [0.15, 0.2) is 0 Å². The van der Waals surface area contributed by atoms with Crippen LogP contribution >= 0.6 is 0 Å². The molecule has 2 N–H and O–H groups in total. The molecule has 0 radical (unpaired) electrons. The van der Waals surface area contributed by atoms with Gasteiger partial charge in [0.2, 0.25) is 0 Å². The Morgan fingerprint density at radius 1 is 1.37 bits per heavy atom. The highest BCUT2D eigenvalue weighted by molar-refractivity contribution is 7.89. The molecule has 8 heteroatoms. The van der Waals surface area contributed by atoms with Crippen LogP contribution in [0.2, 0.25) is 0 Å². The van der Waals surface area contributed by atoms with E-state index in [1.165, 1.54) is 25.7 Å². The number of sulfonamides is 1. The summed E-state index contributed by atoms with van der Waals surface area (Å²) in [6.45, 7) is 0.801. The Hall–Kier alpha value is -0.990. The summed E-state index contributed by atoms with van der Waals surface area (Å²) in [4.78, 5) is 0. The molecule has 1 heterocycles. The first-order chi connectivity index (χ1) is 9.02. The molecule has 1 fully saturated rings. The Bertz CT molecular complexity index is 520. The fraction of sp³-hybridized carbons (Fsp3) is 0.818. The van der Waals surface area contributed by atoms with Crippen LogP contribution in [-0.2, 0) is 27.7 Å². The summed E-state index contributed by atoms with van der Waals surface area (Å²) in [6.07, 6.45) is 5.56. The number of hydrogen-bond acceptors (Lipinski definition) is 5. The van der Waals surface area contributed by atoms with Gasteiger partial charge in [-0.1, -0.05) is 25.7 Å². The van der Waals surface area contributed by atoms with Gasteiger partial charge in [-0.05, 0) is 5.92 Å². The third-order valence-electron chi connectivity index (χ3n) is 3.51. The van der Waals surface area contributed by atoms with Gasteiger partial charge in [-0.25, -0.2) is 13.6 Å². The molecule has 0 aromatic carbocycles. The van der Waals surface area contributed by atoms with Crippen LogP contribution in [-0.4, -0.2) is 36.9 Å². The second-order valence-corrected chi connectivity index (χ2v) is 6.40. The van der Waals surface area contributed by atoms with E-state index in [1.54, 1.807) is 11.7 Å². The topological polar surface area (TPSA) is 100 Å². The molecule has 1 aliphatic carbocycles. The standard InChI is InChI=1S/C11H20N4O3S/c1-18-7-6-15-10(8-9-4-2-3-5-9)13-14-11(15)19(12,16)17/h9H,2-8H2,1H3,(H2,12,16,17). The molecule has 1 aromatic heterocycles. The van der Waals surface area contributed by atoms with E-state index < -0.39 is 10.0 Å². The van der Waals surface area contributed by atoms with Gasteiger partial charge in [0.25, 0.3) is 15.2 Å². The van der Waals surface area contributed by atoms with Crippen LogP contribution in [0.5, 0.6) is 0 Å². The van der Waals surface area contributed by atoms with E-state index in [0.717, 1.165) is 6.42 Å². The highest BCUT2D eigenvalue weighted by atomic mass is 32.2. The number of methoxy groups -OCH3 is 1. The number of nitrogens with two attached hydrogens (primary N) is 1. The minimum atomic E-state index is -3.84. The van der Waals surface area contributed by atoms with Crippen molar-refractivity contribution in [1.29, 1.82) is 0 Å². The monoisotopic (exact) mass is 288 g/mol. The highest BCUT2D eigenvalue weighted by Crippen LogP contribution is 2.27. The van der Waals surface area contributed by atoms with Crippen LogP contribution < -0.4 is 5.14 Å². The van der Waals surface area contributed by atoms with Crippen molar-refractivity contribution in [3.8, 4) is 0 Å². The predicted molar refractivity (Wildman–Crippen MR) is 68.9 cm³/mol. The molecule has 0 spiro atoms. The van der Waals surface area contributed by atoms with Crippen molar-refractivity contribution in [2.75, 3.05) is 13.7 Å². The van der Waals surface area contributed by atoms with E-state index in [2.05, 4.69) is 10.2 Å². The SMILES string of the molecule is COCCn1c(CC2CCCC2)nnc1S(N)(=O)=O. The lowest BCUT2D eigenvalue weighted by Crippen LogP contribution is -2.21. The van der Waals surface area contributed by atoms with Crippen molar-refractivity contribution in [3.63, 3.8) is 0 Å². The molecule has 0 bridgehead atoms. The van der Waals surface area contributed by atoms with Gasteiger partial charge < -0.3 is 4.74 Å². The fourth-order valence-corrected chi connectivity index (χ4v) is 3.22. The van der Waals surface area contributed by atoms with Gasteiger partial charge in [-0.3, -0.25) is 4.57 Å². The molecule has 19 heavy (non-hydrogen) atoms. The van der Waals surface area contributed by atoms with Crippen LogP contribution in [0.1, 0.15) is 31.5 Å². The molecule has 0 atom stereocenters. The zero-order valence-electron chi connectivity index (χ0n) is 11.1. The van der Waals surface area contributed by atoms with Gasteiger partial charge in [-0.15, -0.1) is 10.2 Å². The third-order valence-corrected chi connectivity index (χ3v) is 4.32. The van der Waals surface area contributed by atoms with Gasteiger partial charge >= 0.3 is 0 Å². The number of hydrogen-bond donors (Lipinski definition) is 1. The summed E-state index contributed by atoms with van der Waals surface area (Å²) in [5.41, 5.74) is 0. The molecular weight excluding hydrogens is 268 g/mol. The van der Waals surface area contributed by atoms with Crippen molar-refractivity contribution in [2.24, 2.45) is 11.1 Å². The van der Waals surface area contributed by atoms with E-state index in [1.807, 2.05) is 0 Å². The largest absolute Gasteiger partial charge is 0.383 e. The smallest absolute Gasteiger partial charge is 0.273 e. The van der Waals surface area contributed by atoms with Crippen molar-refractivity contribution in [2.45, 2.75) is 43.8 Å². The van der Waals surface area contributed by atoms with E-state index >= 15 is 0 Å². The first-order valence-electron chi connectivity index (χ1n) is 6.46. The Labute approximate surface area is 113 Å². The number of aromatic nitrogens is 3. The van der Waals surface area contributed by atoms with Crippen molar-refractivity contribution < 1.29 is 13.2 Å². The van der Waals surface area contributed by atoms with Crippen molar-refractivity contribution >= 4 is 10.0 Å². The van der Waals surface area contributed by atoms with Crippen molar-refractivity contribution in [1.82, 2.24) is 14.8 Å². The second-order valence-electron chi connectivity index (χ2n) is 4.94. The summed E-state index contributed by atoms with van der Waals surface area (Å²) < 4.78 is 29.5. The molecular formula is C11H20N4O3S. The highest BCUT2D eigenvalue weighted by Gasteiger charge is 2.24. The van der Waals surface area contributed by atoms with Crippen LogP contribution in [0.3, 0.4) is 0 Å². The van der Waals surface area contributed by atoms with Gasteiger partial charge in [0.1, 0.15) is 5.82 Å². The average Bonchev–Trinajstić information content (AvgIpc) is 2.96. The first kappa shape index (κ1) is 14.4. The van der Waals surface area contributed by atoms with E-state index in [0.29, 0.717) is 24.9 Å². The normalized spacial score (nSPS) is 17.2. The second kappa shape index (κ2) is 5.98. The summed E-state index contributed by atoms with van der Waals surface area (Å²) >= 11 is 0. The molecule has 108 valence electrons. The van der Waals surface area contributed by atoms with Crippen molar-refractivity contribution in [3.05, 3.63) is 5.82 Å². The lowest BCUT2D eigenvalue weighted by atomic mass is 10.0. The zero-order chi connectivity index (χ0) is 13.9. The van der Waals surface area contributed by atoms with Crippen LogP contribution in [0.15, 0.2) is 5.16 Å². The van der Waals surface area contributed by atoms with E-state index in [9.17, 15) is 8.42 Å². The molecule has 0 unspecified atom stereocenters. The van der Waals surface area contributed by atoms with Crippen LogP contribution in [0.25, 0.3) is 0 Å². The summed E-state index contributed by atoms with van der Waals surface area (Å²) in [5.74, 6) is 1.26. The van der Waals surface area contributed by atoms with Gasteiger partial charge in [-0.2, -0.15) is 0 Å². The maximum Gasteiger partial charge on any atom is 0.273 e. The third kappa shape index (κ3) is 3.52. The molecule has 0 saturated heterocycles. The maximum atomic E-state index is 11.5. The molecule has 7 nitrogen and oxygen atoms in total. The number of nitrogens with zero attached hydrogens (tertiary/aromatic N) is 3. The Balaban J connectivity index is 2.23. The molecule has 0 amide bonds. The molecule has 1 saturated carbocycles. The average molecular weight is 288 g/mol. The van der Waals surface area contributed by atoms with E-state index in [4.69, 9.17) is 9.88 Å². The van der Waals surface area contributed by atoms with Gasteiger partial charge in [0.05, 0.1) is 6.61 Å². The lowest BCUT2D eigenvalue weighted by Gasteiger charge is -2.11. The molecule has 1 aromatic rings. The van der Waals surface area contributed by atoms with E-state index in [-0.39, 0.29) is 5.16 Å². The predicted octanol–water partition coefficient (Wildman–Crippen LogP) is 0.305. The van der Waals surface area contributed by atoms with Crippen LogP contribution in [0.4, 0.5) is 0 Å². The fourth-order valence-electron chi connectivity index (χ4n) is 2.56. The first-order valence-corrected chi connectivity index (χ1v) is 8.01. The zero-order valence-corrected chi connectivity index (χ0v) is 11.9. The Kier molecular flexibility index (Phi) is 4.54. The Morgan fingerprint density at radius 2 is 2.05 bits per heavy atom.